The molecule has 0 saturated carbocycles. The lowest BCUT2D eigenvalue weighted by Gasteiger charge is -2.12. The van der Waals surface area contributed by atoms with E-state index in [9.17, 15) is 0 Å². The Bertz CT molecular complexity index is 3530. The number of nitrogens with zero attached hydrogens (tertiary/aromatic N) is 4. The summed E-state index contributed by atoms with van der Waals surface area (Å²) in [5, 5.41) is 6.58. The van der Waals surface area contributed by atoms with Crippen molar-refractivity contribution in [1.82, 2.24) is 19.5 Å². The Kier molecular flexibility index (Phi) is 6.83. The highest BCUT2D eigenvalue weighted by Gasteiger charge is 2.21. The number of para-hydroxylation sites is 3. The number of aromatic nitrogens is 4. The van der Waals surface area contributed by atoms with Gasteiger partial charge in [-0.1, -0.05) is 127 Å². The molecule has 0 spiro atoms. The van der Waals surface area contributed by atoms with Gasteiger partial charge in [-0.05, 0) is 65.7 Å². The summed E-state index contributed by atoms with van der Waals surface area (Å²) >= 11 is 0. The van der Waals surface area contributed by atoms with E-state index in [-0.39, 0.29) is 0 Å². The SMILES string of the molecule is c1ccc(-c2nc(-c3cccc(-n4c5ccccc5c5c6oc7ccccc7c6ccc54)c3)nc(-c3cc(-c4ccccc4)c4c(c3)oc3ccccc34)n2)cc1. The molecule has 12 rings (SSSR count). The normalized spacial score (nSPS) is 11.9. The standard InChI is InChI=1S/C51H30N4O2/c1-3-14-31(15-4-1)40-29-34(30-45-46(40)39-22-9-12-25-44(39)56-45)51-53-49(32-16-5-2-6-17-32)52-50(54-51)33-18-13-19-35(28-33)55-41-23-10-7-21-38(41)47-42(55)27-26-37-36-20-8-11-24-43(36)57-48(37)47/h1-30H. The fourth-order valence-electron chi connectivity index (χ4n) is 8.48. The van der Waals surface area contributed by atoms with E-state index < -0.39 is 0 Å². The molecule has 0 aliphatic rings. The summed E-state index contributed by atoms with van der Waals surface area (Å²) in [7, 11) is 0. The van der Waals surface area contributed by atoms with Crippen molar-refractivity contribution in [2.24, 2.45) is 0 Å². The molecular weight excluding hydrogens is 701 g/mol. The first-order valence-electron chi connectivity index (χ1n) is 19.0. The smallest absolute Gasteiger partial charge is 0.164 e. The Labute approximate surface area is 325 Å². The second-order valence-corrected chi connectivity index (χ2v) is 14.4. The molecule has 12 aromatic rings. The van der Waals surface area contributed by atoms with Crippen LogP contribution in [0.5, 0.6) is 0 Å². The van der Waals surface area contributed by atoms with Gasteiger partial charge < -0.3 is 13.4 Å². The minimum absolute atomic E-state index is 0.563. The van der Waals surface area contributed by atoms with Crippen molar-refractivity contribution in [3.8, 4) is 51.0 Å². The zero-order valence-corrected chi connectivity index (χ0v) is 30.4. The number of furan rings is 2. The van der Waals surface area contributed by atoms with E-state index in [4.69, 9.17) is 23.8 Å². The molecule has 0 radical (unpaired) electrons. The average Bonchev–Trinajstić information content (AvgIpc) is 3.96. The fraction of sp³-hybridized carbons (Fsp3) is 0. The quantitative estimate of drug-likeness (QED) is 0.176. The van der Waals surface area contributed by atoms with Crippen LogP contribution in [0.3, 0.4) is 0 Å². The minimum atomic E-state index is 0.563. The van der Waals surface area contributed by atoms with E-state index >= 15 is 0 Å². The maximum absolute atomic E-state index is 6.56. The topological polar surface area (TPSA) is 69.9 Å². The zero-order valence-electron chi connectivity index (χ0n) is 30.4. The Morgan fingerprint density at radius 2 is 0.965 bits per heavy atom. The third-order valence-electron chi connectivity index (χ3n) is 11.0. The van der Waals surface area contributed by atoms with E-state index in [0.717, 1.165) is 99.2 Å². The van der Waals surface area contributed by atoms with E-state index in [1.54, 1.807) is 0 Å². The maximum atomic E-state index is 6.56. The lowest BCUT2D eigenvalue weighted by molar-refractivity contribution is 0.669. The molecule has 0 aliphatic carbocycles. The van der Waals surface area contributed by atoms with Crippen molar-refractivity contribution in [3.63, 3.8) is 0 Å². The molecule has 6 nitrogen and oxygen atoms in total. The predicted molar refractivity (Wildman–Crippen MR) is 230 cm³/mol. The fourth-order valence-corrected chi connectivity index (χ4v) is 8.48. The van der Waals surface area contributed by atoms with Gasteiger partial charge >= 0.3 is 0 Å². The van der Waals surface area contributed by atoms with Gasteiger partial charge in [0, 0.05) is 49.3 Å². The largest absolute Gasteiger partial charge is 0.456 e. The summed E-state index contributed by atoms with van der Waals surface area (Å²) in [6.07, 6.45) is 0. The molecule has 266 valence electrons. The van der Waals surface area contributed by atoms with Crippen molar-refractivity contribution in [1.29, 1.82) is 0 Å². The highest BCUT2D eigenvalue weighted by atomic mass is 16.3. The van der Waals surface area contributed by atoms with E-state index in [1.807, 2.05) is 60.7 Å². The van der Waals surface area contributed by atoms with Crippen LogP contribution >= 0.6 is 0 Å². The molecule has 0 unspecified atom stereocenters. The molecule has 8 aromatic carbocycles. The van der Waals surface area contributed by atoms with Gasteiger partial charge in [0.15, 0.2) is 17.5 Å². The maximum Gasteiger partial charge on any atom is 0.164 e. The van der Waals surface area contributed by atoms with Crippen LogP contribution in [-0.2, 0) is 0 Å². The van der Waals surface area contributed by atoms with Gasteiger partial charge in [-0.25, -0.2) is 15.0 Å². The van der Waals surface area contributed by atoms with Gasteiger partial charge in [0.1, 0.15) is 22.3 Å². The summed E-state index contributed by atoms with van der Waals surface area (Å²) in [6, 6.07) is 62.6. The van der Waals surface area contributed by atoms with Gasteiger partial charge in [-0.2, -0.15) is 0 Å². The average molecular weight is 731 g/mol. The molecule has 0 bridgehead atoms. The molecule has 0 N–H and O–H groups in total. The van der Waals surface area contributed by atoms with Crippen molar-refractivity contribution in [2.45, 2.75) is 0 Å². The Balaban J connectivity index is 1.07. The van der Waals surface area contributed by atoms with Crippen LogP contribution < -0.4 is 0 Å². The Hall–Kier alpha value is -7.83. The van der Waals surface area contributed by atoms with Gasteiger partial charge in [-0.3, -0.25) is 0 Å². The second-order valence-electron chi connectivity index (χ2n) is 14.4. The number of rotatable bonds is 5. The summed E-state index contributed by atoms with van der Waals surface area (Å²) in [6.45, 7) is 0. The van der Waals surface area contributed by atoms with Crippen LogP contribution in [0.2, 0.25) is 0 Å². The van der Waals surface area contributed by atoms with Crippen molar-refractivity contribution in [2.75, 3.05) is 0 Å². The highest BCUT2D eigenvalue weighted by molar-refractivity contribution is 6.24. The molecular formula is C51H30N4O2. The monoisotopic (exact) mass is 730 g/mol. The third-order valence-corrected chi connectivity index (χ3v) is 11.0. The molecule has 57 heavy (non-hydrogen) atoms. The van der Waals surface area contributed by atoms with Gasteiger partial charge in [0.05, 0.1) is 16.4 Å². The first-order valence-corrected chi connectivity index (χ1v) is 19.0. The predicted octanol–water partition coefficient (Wildman–Crippen LogP) is 13.4. The summed E-state index contributed by atoms with van der Waals surface area (Å²) in [4.78, 5) is 15.5. The molecule has 4 aromatic heterocycles. The number of benzene rings is 8. The summed E-state index contributed by atoms with van der Waals surface area (Å²) < 4.78 is 15.4. The van der Waals surface area contributed by atoms with Crippen molar-refractivity contribution in [3.05, 3.63) is 182 Å². The van der Waals surface area contributed by atoms with E-state index in [2.05, 4.69) is 126 Å². The number of fused-ring (bicyclic) bond motifs is 10. The first kappa shape index (κ1) is 31.5. The Morgan fingerprint density at radius 3 is 1.75 bits per heavy atom. The lowest BCUT2D eigenvalue weighted by atomic mass is 9.97. The summed E-state index contributed by atoms with van der Waals surface area (Å²) in [5.41, 5.74) is 11.3. The Morgan fingerprint density at radius 1 is 0.351 bits per heavy atom. The minimum Gasteiger partial charge on any atom is -0.456 e. The molecule has 6 heteroatoms. The van der Waals surface area contributed by atoms with Crippen molar-refractivity contribution < 1.29 is 8.83 Å². The van der Waals surface area contributed by atoms with Crippen LogP contribution in [0.25, 0.3) is 117 Å². The van der Waals surface area contributed by atoms with Gasteiger partial charge in [0.25, 0.3) is 0 Å². The molecule has 0 amide bonds. The van der Waals surface area contributed by atoms with Crippen LogP contribution in [0.4, 0.5) is 0 Å². The lowest BCUT2D eigenvalue weighted by Crippen LogP contribution is -2.01. The molecule has 0 saturated heterocycles. The first-order chi connectivity index (χ1) is 28.2. The van der Waals surface area contributed by atoms with Crippen LogP contribution in [0, 0.1) is 0 Å². The number of hydrogen-bond acceptors (Lipinski definition) is 5. The summed E-state index contributed by atoms with van der Waals surface area (Å²) in [5.74, 6) is 1.73. The number of hydrogen-bond donors (Lipinski definition) is 0. The highest BCUT2D eigenvalue weighted by Crippen LogP contribution is 2.42. The van der Waals surface area contributed by atoms with Gasteiger partial charge in [-0.15, -0.1) is 0 Å². The second kappa shape index (κ2) is 12.3. The molecule has 0 fully saturated rings. The molecule has 4 heterocycles. The van der Waals surface area contributed by atoms with E-state index in [0.29, 0.717) is 17.5 Å². The van der Waals surface area contributed by atoms with Crippen LogP contribution in [-0.4, -0.2) is 19.5 Å². The molecule has 0 aliphatic heterocycles. The van der Waals surface area contributed by atoms with Crippen LogP contribution in [0.15, 0.2) is 191 Å². The van der Waals surface area contributed by atoms with Crippen LogP contribution in [0.1, 0.15) is 0 Å². The third kappa shape index (κ3) is 4.94. The van der Waals surface area contributed by atoms with Gasteiger partial charge in [0.2, 0.25) is 0 Å². The van der Waals surface area contributed by atoms with Crippen molar-refractivity contribution >= 4 is 65.7 Å². The molecule has 0 atom stereocenters. The van der Waals surface area contributed by atoms with E-state index in [1.165, 1.54) is 0 Å². The zero-order chi connectivity index (χ0) is 37.5.